The van der Waals surface area contributed by atoms with Crippen molar-refractivity contribution in [2.45, 2.75) is 13.0 Å². The van der Waals surface area contributed by atoms with Gasteiger partial charge in [-0.1, -0.05) is 54.6 Å². The molecule has 218 valence electrons. The first kappa shape index (κ1) is 28.9. The van der Waals surface area contributed by atoms with Crippen LogP contribution in [0, 0.1) is 5.82 Å². The van der Waals surface area contributed by atoms with Crippen molar-refractivity contribution in [1.29, 1.82) is 0 Å². The average Bonchev–Trinajstić information content (AvgIpc) is 3.45. The Balaban J connectivity index is 1.10. The molecule has 5 aromatic rings. The highest BCUT2D eigenvalue weighted by molar-refractivity contribution is 7.80. The summed E-state index contributed by atoms with van der Waals surface area (Å²) in [7, 11) is 0. The summed E-state index contributed by atoms with van der Waals surface area (Å²) in [5, 5.41) is 8.97. The van der Waals surface area contributed by atoms with Crippen LogP contribution in [0.1, 0.15) is 11.1 Å². The number of hydrogen-bond acceptors (Lipinski definition) is 7. The largest absolute Gasteiger partial charge is 0.453 e. The topological polar surface area (TPSA) is 78.5 Å². The lowest BCUT2D eigenvalue weighted by molar-refractivity contribution is -0.119. The van der Waals surface area contributed by atoms with E-state index in [0.717, 1.165) is 58.9 Å². The molecule has 0 radical (unpaired) electrons. The number of thiocarbonyl (C=S) groups is 1. The zero-order valence-corrected chi connectivity index (χ0v) is 24.9. The maximum atomic E-state index is 15.1. The Morgan fingerprint density at radius 3 is 2.53 bits per heavy atom. The van der Waals surface area contributed by atoms with E-state index in [1.807, 2.05) is 36.4 Å². The first-order chi connectivity index (χ1) is 21.0. The van der Waals surface area contributed by atoms with Gasteiger partial charge in [0.2, 0.25) is 5.91 Å². The third-order valence-corrected chi connectivity index (χ3v) is 8.49. The van der Waals surface area contributed by atoms with Crippen LogP contribution in [0.4, 0.5) is 10.1 Å². The first-order valence-electron chi connectivity index (χ1n) is 14.0. The van der Waals surface area contributed by atoms with E-state index in [9.17, 15) is 4.79 Å². The fourth-order valence-corrected chi connectivity index (χ4v) is 6.24. The third kappa shape index (κ3) is 7.41. The minimum Gasteiger partial charge on any atom is -0.453 e. The predicted octanol–water partition coefficient (Wildman–Crippen LogP) is 6.36. The average molecular weight is 612 g/mol. The van der Waals surface area contributed by atoms with Gasteiger partial charge in [0.15, 0.2) is 16.7 Å². The number of fused-ring (bicyclic) bond motifs is 1. The van der Waals surface area contributed by atoms with Crippen molar-refractivity contribution in [2.75, 3.05) is 31.5 Å². The van der Waals surface area contributed by atoms with Crippen LogP contribution in [0.3, 0.4) is 0 Å². The number of nitrogens with zero attached hydrogens (tertiary/aromatic N) is 2. The summed E-state index contributed by atoms with van der Waals surface area (Å²) in [4.78, 5) is 20.3. The number of piperazine rings is 1. The number of amides is 1. The Kier molecular flexibility index (Phi) is 8.99. The van der Waals surface area contributed by atoms with E-state index in [-0.39, 0.29) is 23.2 Å². The Bertz CT molecular complexity index is 1740. The molecule has 2 aromatic heterocycles. The molecule has 10 heteroatoms. The van der Waals surface area contributed by atoms with Gasteiger partial charge in [-0.25, -0.2) is 4.39 Å². The monoisotopic (exact) mass is 611 g/mol. The number of anilines is 1. The molecule has 0 atom stereocenters. The molecule has 7 nitrogen and oxygen atoms in total. The highest BCUT2D eigenvalue weighted by atomic mass is 32.1. The second-order valence-corrected chi connectivity index (χ2v) is 11.7. The van der Waals surface area contributed by atoms with E-state index in [4.69, 9.17) is 17.0 Å². The summed E-state index contributed by atoms with van der Waals surface area (Å²) in [6.07, 6.45) is 1.85. The molecule has 3 aromatic carbocycles. The van der Waals surface area contributed by atoms with E-state index in [1.54, 1.807) is 29.7 Å². The number of thiophene rings is 1. The summed E-state index contributed by atoms with van der Waals surface area (Å²) >= 11 is 6.81. The minimum atomic E-state index is -0.565. The van der Waals surface area contributed by atoms with Gasteiger partial charge in [0.1, 0.15) is 5.75 Å². The standard InChI is InChI=1S/C33H30FN5O2S2/c34-26-19-25(37-33(42)38-31(40)18-22-4-2-1-3-5-22)10-11-28(26)41-29-12-13-36-27-20-30(43-32(27)29)24-8-6-23(7-9-24)21-39-16-14-35-15-17-39/h1-13,19-20,35H,14-18,21H2,(H2,37,38,40,42). The van der Waals surface area contributed by atoms with Crippen LogP contribution in [0.25, 0.3) is 20.7 Å². The molecule has 0 saturated carbocycles. The van der Waals surface area contributed by atoms with E-state index in [0.29, 0.717) is 11.4 Å². The summed E-state index contributed by atoms with van der Waals surface area (Å²) in [6, 6.07) is 26.2. The number of halogens is 1. The van der Waals surface area contributed by atoms with Gasteiger partial charge in [-0.05, 0) is 47.1 Å². The molecule has 1 fully saturated rings. The van der Waals surface area contributed by atoms with Gasteiger partial charge in [-0.15, -0.1) is 11.3 Å². The Hall–Kier alpha value is -4.22. The normalized spacial score (nSPS) is 13.5. The highest BCUT2D eigenvalue weighted by Crippen LogP contribution is 2.39. The SMILES string of the molecule is O=C(Cc1ccccc1)NC(=S)Nc1ccc(Oc2ccnc3cc(-c4ccc(CN5CCNCC5)cc4)sc23)c(F)c1. The van der Waals surface area contributed by atoms with Crippen molar-refractivity contribution in [3.8, 4) is 21.9 Å². The van der Waals surface area contributed by atoms with Gasteiger partial charge in [-0.2, -0.15) is 0 Å². The highest BCUT2D eigenvalue weighted by Gasteiger charge is 2.15. The predicted molar refractivity (Wildman–Crippen MR) is 174 cm³/mol. The van der Waals surface area contributed by atoms with Gasteiger partial charge >= 0.3 is 0 Å². The summed E-state index contributed by atoms with van der Waals surface area (Å²) in [5.41, 5.74) is 4.45. The molecule has 0 unspecified atom stereocenters. The van der Waals surface area contributed by atoms with Crippen molar-refractivity contribution in [2.24, 2.45) is 0 Å². The molecule has 3 heterocycles. The van der Waals surface area contributed by atoms with Crippen molar-refractivity contribution in [3.05, 3.63) is 108 Å². The smallest absolute Gasteiger partial charge is 0.230 e. The van der Waals surface area contributed by atoms with Crippen molar-refractivity contribution in [3.63, 3.8) is 0 Å². The lowest BCUT2D eigenvalue weighted by atomic mass is 10.1. The van der Waals surface area contributed by atoms with Crippen LogP contribution >= 0.6 is 23.6 Å². The first-order valence-corrected chi connectivity index (χ1v) is 15.3. The zero-order valence-electron chi connectivity index (χ0n) is 23.3. The fraction of sp³-hybridized carbons (Fsp3) is 0.182. The van der Waals surface area contributed by atoms with Gasteiger partial charge in [0.25, 0.3) is 0 Å². The number of nitrogens with one attached hydrogen (secondary N) is 3. The lowest BCUT2D eigenvalue weighted by Crippen LogP contribution is -2.42. The minimum absolute atomic E-state index is 0.0734. The molecular formula is C33H30FN5O2S2. The molecule has 0 aliphatic carbocycles. The number of aromatic nitrogens is 1. The van der Waals surface area contributed by atoms with E-state index < -0.39 is 5.82 Å². The second-order valence-electron chi connectivity index (χ2n) is 10.3. The molecule has 6 rings (SSSR count). The van der Waals surface area contributed by atoms with Crippen molar-refractivity contribution >= 4 is 50.5 Å². The van der Waals surface area contributed by atoms with Crippen LogP contribution in [-0.4, -0.2) is 47.1 Å². The van der Waals surface area contributed by atoms with E-state index >= 15 is 4.39 Å². The Labute approximate surface area is 258 Å². The summed E-state index contributed by atoms with van der Waals surface area (Å²) < 4.78 is 22.0. The Morgan fingerprint density at radius 1 is 0.977 bits per heavy atom. The number of carbonyl (C=O) groups is 1. The molecular weight excluding hydrogens is 582 g/mol. The second kappa shape index (κ2) is 13.4. The number of benzene rings is 3. The van der Waals surface area contributed by atoms with Crippen LogP contribution in [0.15, 0.2) is 91.1 Å². The zero-order chi connectivity index (χ0) is 29.6. The molecule has 3 N–H and O–H groups in total. The van der Waals surface area contributed by atoms with Crippen LogP contribution < -0.4 is 20.7 Å². The molecule has 1 amide bonds. The number of rotatable bonds is 8. The molecule has 0 spiro atoms. The van der Waals surface area contributed by atoms with Crippen LogP contribution in [0.2, 0.25) is 0 Å². The quantitative estimate of drug-likeness (QED) is 0.176. The van der Waals surface area contributed by atoms with Gasteiger partial charge < -0.3 is 20.7 Å². The van der Waals surface area contributed by atoms with Crippen molar-refractivity contribution < 1.29 is 13.9 Å². The number of hydrogen-bond donors (Lipinski definition) is 3. The van der Waals surface area contributed by atoms with Crippen LogP contribution in [-0.2, 0) is 17.8 Å². The molecule has 1 aliphatic rings. The summed E-state index contributed by atoms with van der Waals surface area (Å²) in [5.74, 6) is -0.221. The van der Waals surface area contributed by atoms with Gasteiger partial charge in [0, 0.05) is 61.6 Å². The molecule has 43 heavy (non-hydrogen) atoms. The fourth-order valence-electron chi connectivity index (χ4n) is 4.93. The van der Waals surface area contributed by atoms with E-state index in [2.05, 4.69) is 50.1 Å². The maximum Gasteiger partial charge on any atom is 0.230 e. The van der Waals surface area contributed by atoms with Gasteiger partial charge in [-0.3, -0.25) is 14.7 Å². The number of carbonyl (C=O) groups excluding carboxylic acids is 1. The lowest BCUT2D eigenvalue weighted by Gasteiger charge is -2.27. The van der Waals surface area contributed by atoms with E-state index in [1.165, 1.54) is 17.7 Å². The Morgan fingerprint density at radius 2 is 1.77 bits per heavy atom. The molecule has 0 bridgehead atoms. The summed E-state index contributed by atoms with van der Waals surface area (Å²) in [6.45, 7) is 5.14. The molecule has 1 aliphatic heterocycles. The maximum absolute atomic E-state index is 15.1. The third-order valence-electron chi connectivity index (χ3n) is 7.10. The number of ether oxygens (including phenoxy) is 1. The van der Waals surface area contributed by atoms with Crippen LogP contribution in [0.5, 0.6) is 11.5 Å². The number of pyridine rings is 1. The molecule has 1 saturated heterocycles. The van der Waals surface area contributed by atoms with Gasteiger partial charge in [0.05, 0.1) is 16.6 Å². The van der Waals surface area contributed by atoms with Crippen molar-refractivity contribution in [1.82, 2.24) is 20.5 Å².